The Bertz CT molecular complexity index is 1820. The van der Waals surface area contributed by atoms with Gasteiger partial charge in [0.1, 0.15) is 36.1 Å². The summed E-state index contributed by atoms with van der Waals surface area (Å²) < 4.78 is 65.1. The maximum Gasteiger partial charge on any atom is 0.343 e. The number of carbonyl (C=O) groups is 2. The Hall–Kier alpha value is -5.62. The van der Waals surface area contributed by atoms with Crippen molar-refractivity contribution in [1.82, 2.24) is 0 Å². The summed E-state index contributed by atoms with van der Waals surface area (Å²) in [7, 11) is 6.10. The van der Waals surface area contributed by atoms with Gasteiger partial charge in [-0.15, -0.1) is 5.11 Å². The molecule has 0 aliphatic rings. The van der Waals surface area contributed by atoms with Gasteiger partial charge >= 0.3 is 11.9 Å². The van der Waals surface area contributed by atoms with Crippen molar-refractivity contribution in [3.8, 4) is 34.5 Å². The van der Waals surface area contributed by atoms with E-state index in [4.69, 9.17) is 56.8 Å². The predicted molar refractivity (Wildman–Crippen MR) is 211 cm³/mol. The number of benzene rings is 4. The number of hydrogen-bond donors (Lipinski definition) is 0. The van der Waals surface area contributed by atoms with Crippen molar-refractivity contribution in [3.63, 3.8) is 0 Å². The van der Waals surface area contributed by atoms with Crippen LogP contribution in [0.2, 0.25) is 0 Å². The van der Waals surface area contributed by atoms with Crippen LogP contribution in [-0.2, 0) is 28.4 Å². The quantitative estimate of drug-likeness (QED) is 0.0258. The molecule has 58 heavy (non-hydrogen) atoms. The molecule has 4 rings (SSSR count). The van der Waals surface area contributed by atoms with Gasteiger partial charge < -0.3 is 56.8 Å². The first-order valence-electron chi connectivity index (χ1n) is 18.4. The van der Waals surface area contributed by atoms with Gasteiger partial charge in [0, 0.05) is 14.2 Å². The van der Waals surface area contributed by atoms with Gasteiger partial charge in [0.05, 0.1) is 97.1 Å². The van der Waals surface area contributed by atoms with E-state index in [0.717, 1.165) is 0 Å². The van der Waals surface area contributed by atoms with E-state index >= 15 is 0 Å². The molecule has 4 aromatic carbocycles. The van der Waals surface area contributed by atoms with Crippen molar-refractivity contribution in [2.24, 2.45) is 10.2 Å². The molecule has 0 amide bonds. The summed E-state index contributed by atoms with van der Waals surface area (Å²) in [5.74, 6) is 0.835. The van der Waals surface area contributed by atoms with Crippen LogP contribution in [0.25, 0.3) is 0 Å². The molecule has 0 spiro atoms. The number of rotatable bonds is 28. The minimum atomic E-state index is -0.612. The fraction of sp³-hybridized carbons (Fsp3) is 0.381. The van der Waals surface area contributed by atoms with Crippen molar-refractivity contribution in [2.75, 3.05) is 108 Å². The van der Waals surface area contributed by atoms with E-state index < -0.39 is 11.9 Å². The van der Waals surface area contributed by atoms with E-state index in [-0.39, 0.29) is 17.2 Å². The summed E-state index contributed by atoms with van der Waals surface area (Å²) in [6, 6.07) is 22.8. The molecule has 0 N–H and O–H groups in total. The number of hydrogen-bond acceptors (Lipinski definition) is 16. The summed E-state index contributed by atoms with van der Waals surface area (Å²) in [4.78, 5) is 25.7. The van der Waals surface area contributed by atoms with Crippen LogP contribution in [0.5, 0.6) is 34.5 Å². The molecule has 4 aromatic rings. The lowest BCUT2D eigenvalue weighted by Crippen LogP contribution is -2.12. The fourth-order valence-corrected chi connectivity index (χ4v) is 4.84. The van der Waals surface area contributed by atoms with Gasteiger partial charge in [0.25, 0.3) is 0 Å². The lowest BCUT2D eigenvalue weighted by Gasteiger charge is -2.14. The zero-order valence-electron chi connectivity index (χ0n) is 33.2. The molecule has 0 atom stereocenters. The molecule has 0 saturated carbocycles. The molecule has 0 aliphatic carbocycles. The van der Waals surface area contributed by atoms with Crippen LogP contribution in [-0.4, -0.2) is 120 Å². The van der Waals surface area contributed by atoms with E-state index in [2.05, 4.69) is 10.2 Å². The highest BCUT2D eigenvalue weighted by atomic mass is 16.6. The molecule has 16 nitrogen and oxygen atoms in total. The van der Waals surface area contributed by atoms with Crippen molar-refractivity contribution in [2.45, 2.75) is 0 Å². The summed E-state index contributed by atoms with van der Waals surface area (Å²) in [6.07, 6.45) is 0. The van der Waals surface area contributed by atoms with Gasteiger partial charge in [-0.2, -0.15) is 5.11 Å². The first kappa shape index (κ1) is 45.1. The molecular weight excluding hydrogens is 756 g/mol. The number of esters is 2. The zero-order chi connectivity index (χ0) is 41.2. The van der Waals surface area contributed by atoms with Crippen LogP contribution >= 0.6 is 0 Å². The van der Waals surface area contributed by atoms with Crippen molar-refractivity contribution < 1.29 is 66.4 Å². The molecular formula is C42H50N2O14. The summed E-state index contributed by atoms with van der Waals surface area (Å²) in [5.41, 5.74) is 1.45. The Morgan fingerprint density at radius 1 is 0.431 bits per heavy atom. The van der Waals surface area contributed by atoms with Gasteiger partial charge in [-0.3, -0.25) is 0 Å². The number of carbonyl (C=O) groups excluding carboxylic acids is 2. The summed E-state index contributed by atoms with van der Waals surface area (Å²) in [6.45, 7) is 5.47. The molecule has 0 unspecified atom stereocenters. The van der Waals surface area contributed by atoms with Crippen LogP contribution in [0, 0.1) is 0 Å². The second-order valence-corrected chi connectivity index (χ2v) is 11.8. The molecule has 0 aliphatic heterocycles. The van der Waals surface area contributed by atoms with E-state index in [1.165, 1.54) is 20.3 Å². The smallest absolute Gasteiger partial charge is 0.343 e. The van der Waals surface area contributed by atoms with Gasteiger partial charge in [-0.25, -0.2) is 9.59 Å². The third kappa shape index (κ3) is 15.7. The van der Waals surface area contributed by atoms with Crippen molar-refractivity contribution in [3.05, 3.63) is 96.1 Å². The first-order chi connectivity index (χ1) is 28.4. The lowest BCUT2D eigenvalue weighted by molar-refractivity contribution is 0.0180. The fourth-order valence-electron chi connectivity index (χ4n) is 4.84. The zero-order valence-corrected chi connectivity index (χ0v) is 33.2. The van der Waals surface area contributed by atoms with Crippen LogP contribution in [0.1, 0.15) is 20.7 Å². The van der Waals surface area contributed by atoms with Gasteiger partial charge in [-0.1, -0.05) is 0 Å². The maximum absolute atomic E-state index is 13.0. The molecule has 312 valence electrons. The van der Waals surface area contributed by atoms with Crippen LogP contribution in [0.15, 0.2) is 95.2 Å². The van der Waals surface area contributed by atoms with Crippen molar-refractivity contribution in [1.29, 1.82) is 0 Å². The Kier molecular flexibility index (Phi) is 20.5. The highest BCUT2D eigenvalue weighted by molar-refractivity contribution is 5.92. The summed E-state index contributed by atoms with van der Waals surface area (Å²) >= 11 is 0. The standard InChI is InChI=1S/C42H50N2O14/c1-47-19-21-51-23-25-53-27-29-55-34-11-5-31(6-12-34)41(45)57-36-15-9-33(10-16-36)43-44-37-17-18-38(40(50-4)39(37)49-3)58-42(46)32-7-13-35(14-8-32)56-30-28-54-26-24-52-22-20-48-2/h5-18H,19-30H2,1-4H3. The Morgan fingerprint density at radius 2 is 0.862 bits per heavy atom. The number of azo groups is 1. The molecule has 0 saturated heterocycles. The van der Waals surface area contributed by atoms with Gasteiger partial charge in [0.2, 0.25) is 5.75 Å². The highest BCUT2D eigenvalue weighted by Crippen LogP contribution is 2.45. The molecule has 0 aromatic heterocycles. The largest absolute Gasteiger partial charge is 0.491 e. The second kappa shape index (κ2) is 26.3. The lowest BCUT2D eigenvalue weighted by atomic mass is 10.2. The second-order valence-electron chi connectivity index (χ2n) is 11.8. The van der Waals surface area contributed by atoms with Gasteiger partial charge in [0.15, 0.2) is 11.5 Å². The van der Waals surface area contributed by atoms with E-state index in [1.54, 1.807) is 93.1 Å². The van der Waals surface area contributed by atoms with Crippen LogP contribution in [0.3, 0.4) is 0 Å². The van der Waals surface area contributed by atoms with Crippen LogP contribution < -0.4 is 28.4 Å². The summed E-state index contributed by atoms with van der Waals surface area (Å²) in [5, 5.41) is 8.58. The topological polar surface area (TPSA) is 170 Å². The molecule has 16 heteroatoms. The van der Waals surface area contributed by atoms with E-state index in [0.29, 0.717) is 119 Å². The average molecular weight is 807 g/mol. The SMILES string of the molecule is COCCOCCOCCOc1ccc(C(=O)Oc2ccc(N=Nc3ccc(OC(=O)c4ccc(OCCOCCOCCOC)cc4)c(OC)c3OC)cc2)cc1. The Morgan fingerprint density at radius 3 is 1.33 bits per heavy atom. The normalized spacial score (nSPS) is 11.0. The molecule has 0 radical (unpaired) electrons. The first-order valence-corrected chi connectivity index (χ1v) is 18.4. The van der Waals surface area contributed by atoms with E-state index in [1.807, 2.05) is 0 Å². The highest BCUT2D eigenvalue weighted by Gasteiger charge is 2.20. The monoisotopic (exact) mass is 806 g/mol. The molecule has 0 heterocycles. The molecule has 0 bridgehead atoms. The minimum absolute atomic E-state index is 0.126. The van der Waals surface area contributed by atoms with Gasteiger partial charge in [-0.05, 0) is 84.9 Å². The Labute approximate surface area is 337 Å². The third-order valence-electron chi connectivity index (χ3n) is 7.77. The minimum Gasteiger partial charge on any atom is -0.491 e. The average Bonchev–Trinajstić information content (AvgIpc) is 3.25. The third-order valence-corrected chi connectivity index (χ3v) is 7.77. The number of ether oxygens (including phenoxy) is 12. The van der Waals surface area contributed by atoms with Crippen LogP contribution in [0.4, 0.5) is 11.4 Å². The maximum atomic E-state index is 13.0. The predicted octanol–water partition coefficient (Wildman–Crippen LogP) is 6.67. The van der Waals surface area contributed by atoms with E-state index in [9.17, 15) is 9.59 Å². The Balaban J connectivity index is 1.23. The molecule has 0 fully saturated rings. The number of nitrogens with zero attached hydrogens (tertiary/aromatic N) is 2. The number of methoxy groups -OCH3 is 4. The van der Waals surface area contributed by atoms with Crippen molar-refractivity contribution >= 4 is 23.3 Å².